The van der Waals surface area contributed by atoms with Gasteiger partial charge >= 0.3 is 0 Å². The highest BCUT2D eigenvalue weighted by molar-refractivity contribution is 7.89. The summed E-state index contributed by atoms with van der Waals surface area (Å²) < 4.78 is 26.6. The second kappa shape index (κ2) is 5.29. The van der Waals surface area contributed by atoms with Crippen molar-refractivity contribution >= 4 is 10.0 Å². The minimum atomic E-state index is -3.11. The average Bonchev–Trinajstić information content (AvgIpc) is 2.70. The highest BCUT2D eigenvalue weighted by Gasteiger charge is 2.24. The van der Waals surface area contributed by atoms with Crippen LogP contribution in [0.25, 0.3) is 0 Å². The van der Waals surface area contributed by atoms with E-state index in [2.05, 4.69) is 22.2 Å². The lowest BCUT2D eigenvalue weighted by molar-refractivity contribution is 0.514. The molecule has 2 rings (SSSR count). The Bertz CT molecular complexity index is 345. The van der Waals surface area contributed by atoms with Crippen molar-refractivity contribution in [2.75, 3.05) is 12.3 Å². The molecule has 0 radical (unpaired) electrons. The van der Waals surface area contributed by atoms with Gasteiger partial charge in [0, 0.05) is 12.1 Å². The monoisotopic (exact) mass is 244 g/mol. The van der Waals surface area contributed by atoms with E-state index in [9.17, 15) is 8.42 Å². The van der Waals surface area contributed by atoms with E-state index in [1.54, 1.807) is 0 Å². The second-order valence-electron chi connectivity index (χ2n) is 4.67. The van der Waals surface area contributed by atoms with Gasteiger partial charge in [0.15, 0.2) is 0 Å². The lowest BCUT2D eigenvalue weighted by atomic mass is 10.0. The average molecular weight is 244 g/mol. The van der Waals surface area contributed by atoms with Crippen molar-refractivity contribution < 1.29 is 8.42 Å². The fourth-order valence-corrected chi connectivity index (χ4v) is 4.00. The van der Waals surface area contributed by atoms with Gasteiger partial charge in [0.25, 0.3) is 0 Å². The first-order valence-electron chi connectivity index (χ1n) is 6.04. The number of nitrogens with one attached hydrogen (secondary N) is 2. The molecule has 1 fully saturated rings. The molecule has 0 spiro atoms. The van der Waals surface area contributed by atoms with Gasteiger partial charge in [0.05, 0.1) is 5.75 Å². The largest absolute Gasteiger partial charge is 0.313 e. The van der Waals surface area contributed by atoms with Crippen LogP contribution >= 0.6 is 0 Å². The molecule has 0 bridgehead atoms. The number of hydrogen-bond acceptors (Lipinski definition) is 3. The summed E-state index contributed by atoms with van der Waals surface area (Å²) in [5.74, 6) is 0.229. The van der Waals surface area contributed by atoms with Crippen LogP contribution in [0.1, 0.15) is 32.1 Å². The molecule has 92 valence electrons. The zero-order chi connectivity index (χ0) is 11.4. The second-order valence-corrected chi connectivity index (χ2v) is 6.47. The summed E-state index contributed by atoms with van der Waals surface area (Å²) in [5, 5.41) is 3.22. The van der Waals surface area contributed by atoms with E-state index < -0.39 is 10.0 Å². The smallest absolute Gasteiger partial charge is 0.213 e. The van der Waals surface area contributed by atoms with Crippen LogP contribution in [-0.2, 0) is 10.0 Å². The first-order valence-corrected chi connectivity index (χ1v) is 7.69. The van der Waals surface area contributed by atoms with Crippen LogP contribution in [0.3, 0.4) is 0 Å². The first-order chi connectivity index (χ1) is 7.66. The van der Waals surface area contributed by atoms with E-state index in [-0.39, 0.29) is 17.8 Å². The van der Waals surface area contributed by atoms with Crippen molar-refractivity contribution in [3.8, 4) is 0 Å². The topological polar surface area (TPSA) is 58.2 Å². The third-order valence-corrected chi connectivity index (χ3v) is 4.73. The molecule has 2 unspecified atom stereocenters. The lowest BCUT2D eigenvalue weighted by Gasteiger charge is -2.20. The third-order valence-electron chi connectivity index (χ3n) is 3.20. The van der Waals surface area contributed by atoms with Gasteiger partial charge in [0.1, 0.15) is 0 Å². The molecule has 1 heterocycles. The van der Waals surface area contributed by atoms with Crippen LogP contribution < -0.4 is 10.0 Å². The maximum Gasteiger partial charge on any atom is 0.213 e. The van der Waals surface area contributed by atoms with Gasteiger partial charge in [-0.25, -0.2) is 13.1 Å². The van der Waals surface area contributed by atoms with Crippen molar-refractivity contribution in [1.82, 2.24) is 10.0 Å². The van der Waals surface area contributed by atoms with Crippen LogP contribution in [0.2, 0.25) is 0 Å². The minimum Gasteiger partial charge on any atom is -0.313 e. The maximum atomic E-state index is 11.9. The molecule has 1 aliphatic carbocycles. The van der Waals surface area contributed by atoms with Gasteiger partial charge in [0.2, 0.25) is 10.0 Å². The summed E-state index contributed by atoms with van der Waals surface area (Å²) in [6.45, 7) is 0.951. The molecule has 4 nitrogen and oxygen atoms in total. The molecule has 0 saturated carbocycles. The molecule has 2 atom stereocenters. The standard InChI is InChI=1S/C11H20N2O2S/c14-16(15,9-11-7-4-8-12-11)13-10-5-2-1-3-6-10/h1-2,10-13H,3-9H2. The summed E-state index contributed by atoms with van der Waals surface area (Å²) in [5.41, 5.74) is 0. The Labute approximate surface area is 97.5 Å². The number of allylic oxidation sites excluding steroid dienone is 1. The Hall–Kier alpha value is -0.390. The van der Waals surface area contributed by atoms with Gasteiger partial charge in [-0.3, -0.25) is 0 Å². The van der Waals surface area contributed by atoms with Gasteiger partial charge in [-0.2, -0.15) is 0 Å². The van der Waals surface area contributed by atoms with Crippen LogP contribution in [0.4, 0.5) is 0 Å². The van der Waals surface area contributed by atoms with Gasteiger partial charge < -0.3 is 5.32 Å². The van der Waals surface area contributed by atoms with Gasteiger partial charge in [-0.1, -0.05) is 12.2 Å². The molecule has 0 aromatic heterocycles. The van der Waals surface area contributed by atoms with Crippen LogP contribution in [0.5, 0.6) is 0 Å². The van der Waals surface area contributed by atoms with Crippen molar-refractivity contribution in [2.24, 2.45) is 0 Å². The zero-order valence-corrected chi connectivity index (χ0v) is 10.3. The molecular formula is C11H20N2O2S. The van der Waals surface area contributed by atoms with E-state index in [4.69, 9.17) is 0 Å². The van der Waals surface area contributed by atoms with Crippen molar-refractivity contribution in [1.29, 1.82) is 0 Å². The quantitative estimate of drug-likeness (QED) is 0.718. The molecular weight excluding hydrogens is 224 g/mol. The molecule has 0 amide bonds. The molecule has 16 heavy (non-hydrogen) atoms. The highest BCUT2D eigenvalue weighted by Crippen LogP contribution is 2.13. The third kappa shape index (κ3) is 3.57. The fraction of sp³-hybridized carbons (Fsp3) is 0.818. The lowest BCUT2D eigenvalue weighted by Crippen LogP contribution is -2.41. The van der Waals surface area contributed by atoms with Crippen LogP contribution in [0.15, 0.2) is 12.2 Å². The van der Waals surface area contributed by atoms with Crippen LogP contribution in [0, 0.1) is 0 Å². The van der Waals surface area contributed by atoms with E-state index in [0.717, 1.165) is 38.6 Å². The SMILES string of the molecule is O=S(=O)(CC1CCCN1)NC1CC=CCC1. The Morgan fingerprint density at radius 1 is 1.31 bits per heavy atom. The summed E-state index contributed by atoms with van der Waals surface area (Å²) in [6, 6.07) is 0.257. The van der Waals surface area contributed by atoms with Crippen LogP contribution in [-0.4, -0.2) is 32.8 Å². The predicted molar refractivity (Wildman–Crippen MR) is 64.7 cm³/mol. The first kappa shape index (κ1) is 12.1. The van der Waals surface area contributed by atoms with E-state index in [0.29, 0.717) is 0 Å². The van der Waals surface area contributed by atoms with Gasteiger partial charge in [-0.15, -0.1) is 0 Å². The Kier molecular flexibility index (Phi) is 4.00. The molecule has 0 aromatic rings. The van der Waals surface area contributed by atoms with Crippen molar-refractivity contribution in [3.05, 3.63) is 12.2 Å². The van der Waals surface area contributed by atoms with Crippen molar-refractivity contribution in [3.63, 3.8) is 0 Å². The normalized spacial score (nSPS) is 30.8. The number of sulfonamides is 1. The maximum absolute atomic E-state index is 11.9. The fourth-order valence-electron chi connectivity index (χ4n) is 2.37. The molecule has 2 aliphatic rings. The Morgan fingerprint density at radius 2 is 2.19 bits per heavy atom. The molecule has 5 heteroatoms. The van der Waals surface area contributed by atoms with E-state index in [1.165, 1.54) is 0 Å². The van der Waals surface area contributed by atoms with E-state index in [1.807, 2.05) is 0 Å². The van der Waals surface area contributed by atoms with Crippen molar-refractivity contribution in [2.45, 2.75) is 44.2 Å². The minimum absolute atomic E-state index is 0.108. The number of hydrogen-bond donors (Lipinski definition) is 2. The molecule has 2 N–H and O–H groups in total. The predicted octanol–water partition coefficient (Wildman–Crippen LogP) is 0.766. The summed E-state index contributed by atoms with van der Waals surface area (Å²) in [7, 11) is -3.11. The molecule has 1 saturated heterocycles. The summed E-state index contributed by atoms with van der Waals surface area (Å²) in [4.78, 5) is 0. The summed E-state index contributed by atoms with van der Waals surface area (Å²) >= 11 is 0. The Morgan fingerprint density at radius 3 is 2.81 bits per heavy atom. The van der Waals surface area contributed by atoms with Gasteiger partial charge in [-0.05, 0) is 38.6 Å². The number of rotatable bonds is 4. The van der Waals surface area contributed by atoms with E-state index >= 15 is 0 Å². The molecule has 1 aliphatic heterocycles. The molecule has 0 aromatic carbocycles. The highest BCUT2D eigenvalue weighted by atomic mass is 32.2. The Balaban J connectivity index is 1.84. The summed E-state index contributed by atoms with van der Waals surface area (Å²) in [6.07, 6.45) is 8.98. The zero-order valence-electron chi connectivity index (χ0n) is 9.48.